The number of benzene rings is 1. The van der Waals surface area contributed by atoms with Gasteiger partial charge in [0.25, 0.3) is 5.91 Å². The highest BCUT2D eigenvalue weighted by Crippen LogP contribution is 2.46. The maximum absolute atomic E-state index is 13.9. The molecule has 250 valence electrons. The Morgan fingerprint density at radius 3 is 2.52 bits per heavy atom. The van der Waals surface area contributed by atoms with Crippen molar-refractivity contribution in [1.29, 1.82) is 0 Å². The maximum Gasteiger partial charge on any atom is 0.259 e. The predicted octanol–water partition coefficient (Wildman–Crippen LogP) is 3.86. The van der Waals surface area contributed by atoms with Crippen molar-refractivity contribution in [2.75, 3.05) is 20.3 Å². The molecule has 1 saturated heterocycles. The predicted molar refractivity (Wildman–Crippen MR) is 175 cm³/mol. The molecule has 2 N–H and O–H groups in total. The number of pyridine rings is 1. The molecule has 5 rings (SSSR count). The van der Waals surface area contributed by atoms with Gasteiger partial charge in [0.15, 0.2) is 0 Å². The van der Waals surface area contributed by atoms with Crippen LogP contribution in [-0.4, -0.2) is 79.2 Å². The molecule has 1 aromatic heterocycles. The van der Waals surface area contributed by atoms with Crippen LogP contribution in [0.25, 0.3) is 10.9 Å². The summed E-state index contributed by atoms with van der Waals surface area (Å²) in [6.45, 7) is 11.9. The monoisotopic (exact) mass is 720 g/mol. The van der Waals surface area contributed by atoms with Gasteiger partial charge in [0.2, 0.25) is 27.7 Å². The van der Waals surface area contributed by atoms with Crippen molar-refractivity contribution in [3.05, 3.63) is 35.3 Å². The van der Waals surface area contributed by atoms with E-state index >= 15 is 0 Å². The number of nitrogens with one attached hydrogen (secondary N) is 2. The van der Waals surface area contributed by atoms with E-state index in [1.165, 1.54) is 11.0 Å². The van der Waals surface area contributed by atoms with E-state index in [1.807, 2.05) is 33.8 Å². The molecule has 14 heteroatoms. The van der Waals surface area contributed by atoms with Crippen LogP contribution in [0, 0.1) is 11.3 Å². The highest BCUT2D eigenvalue weighted by Gasteiger charge is 2.62. The Balaban J connectivity index is 1.42. The van der Waals surface area contributed by atoms with Crippen LogP contribution in [0.15, 0.2) is 35.3 Å². The van der Waals surface area contributed by atoms with Gasteiger partial charge in [-0.3, -0.25) is 19.1 Å². The number of carbonyl (C=O) groups is 3. The molecule has 4 atom stereocenters. The number of methoxy groups -OCH3 is 1. The summed E-state index contributed by atoms with van der Waals surface area (Å²) in [6, 6.07) is 4.32. The molecule has 2 heterocycles. The van der Waals surface area contributed by atoms with Crippen molar-refractivity contribution in [2.24, 2.45) is 11.3 Å². The third-order valence-corrected chi connectivity index (χ3v) is 11.0. The van der Waals surface area contributed by atoms with Crippen LogP contribution in [-0.2, 0) is 24.4 Å². The summed E-state index contributed by atoms with van der Waals surface area (Å²) in [7, 11) is -2.28. The van der Waals surface area contributed by atoms with E-state index in [-0.39, 0.29) is 37.1 Å². The molecule has 0 bridgehead atoms. The number of sulfonamides is 1. The number of halogens is 1. The lowest BCUT2D eigenvalue weighted by Gasteiger charge is -2.28. The van der Waals surface area contributed by atoms with Crippen molar-refractivity contribution in [3.8, 4) is 17.4 Å². The topological polar surface area (TPSA) is 153 Å². The second kappa shape index (κ2) is 12.7. The molecule has 12 nitrogen and oxygen atoms in total. The highest BCUT2D eigenvalue weighted by atomic mass is 79.9. The Morgan fingerprint density at radius 2 is 1.93 bits per heavy atom. The van der Waals surface area contributed by atoms with Gasteiger partial charge in [-0.05, 0) is 59.7 Å². The molecule has 2 aliphatic carbocycles. The number of hydrogen-bond donors (Lipinski definition) is 2. The van der Waals surface area contributed by atoms with Crippen LogP contribution in [0.2, 0.25) is 0 Å². The zero-order valence-corrected chi connectivity index (χ0v) is 29.1. The largest absolute Gasteiger partial charge is 0.495 e. The fraction of sp³-hybridized carbons (Fsp3) is 0.562. The lowest BCUT2D eigenvalue weighted by Crippen LogP contribution is -2.56. The molecule has 3 fully saturated rings. The van der Waals surface area contributed by atoms with Crippen LogP contribution < -0.4 is 24.2 Å². The number of carbonyl (C=O) groups excluding carboxylic acids is 3. The Hall–Kier alpha value is -3.39. The molecule has 1 aliphatic heterocycles. The molecule has 3 amide bonds. The molecule has 46 heavy (non-hydrogen) atoms. The van der Waals surface area contributed by atoms with Crippen LogP contribution in [0.1, 0.15) is 59.8 Å². The third kappa shape index (κ3) is 6.97. The average molecular weight is 722 g/mol. The van der Waals surface area contributed by atoms with E-state index in [9.17, 15) is 22.8 Å². The molecule has 3 aliphatic rings. The zero-order chi connectivity index (χ0) is 33.6. The Bertz CT molecular complexity index is 1670. The second-order valence-electron chi connectivity index (χ2n) is 13.3. The number of nitrogens with zero attached hydrogens (tertiary/aromatic N) is 2. The van der Waals surface area contributed by atoms with Gasteiger partial charge in [0, 0.05) is 30.2 Å². The fourth-order valence-electron chi connectivity index (χ4n) is 5.82. The average Bonchev–Trinajstić information content (AvgIpc) is 3.90. The van der Waals surface area contributed by atoms with Crippen LogP contribution in [0.4, 0.5) is 0 Å². The van der Waals surface area contributed by atoms with Crippen molar-refractivity contribution >= 4 is 54.6 Å². The van der Waals surface area contributed by atoms with E-state index in [0.717, 1.165) is 0 Å². The summed E-state index contributed by atoms with van der Waals surface area (Å²) in [6.07, 6.45) is 2.46. The van der Waals surface area contributed by atoms with E-state index < -0.39 is 50.7 Å². The molecule has 1 aromatic carbocycles. The molecular formula is C32H41BrN4O8S. The summed E-state index contributed by atoms with van der Waals surface area (Å²) in [4.78, 5) is 47.0. The Morgan fingerprint density at radius 1 is 1.22 bits per heavy atom. The number of ether oxygens (including phenoxy) is 3. The molecule has 2 aromatic rings. The van der Waals surface area contributed by atoms with Crippen molar-refractivity contribution in [3.63, 3.8) is 0 Å². The fourth-order valence-corrected chi connectivity index (χ4v) is 7.78. The first-order chi connectivity index (χ1) is 21.6. The van der Waals surface area contributed by atoms with Gasteiger partial charge in [0.05, 0.1) is 35.5 Å². The Labute approximate surface area is 277 Å². The first kappa shape index (κ1) is 34.0. The SMILES string of the molecule is C=C[C@@H]1C[C@]1(NC(=O)[C@H]1C[C@@H](Oc2cc(OCC)nc3c(Br)c(OC)ccc23)CN1C(=O)CC(C)(C)C)C(=O)NS(=O)(=O)C1CC1. The van der Waals surface area contributed by atoms with Crippen molar-refractivity contribution in [1.82, 2.24) is 19.9 Å². The molecule has 0 spiro atoms. The van der Waals surface area contributed by atoms with Crippen LogP contribution >= 0.6 is 15.9 Å². The maximum atomic E-state index is 13.9. The highest BCUT2D eigenvalue weighted by molar-refractivity contribution is 9.10. The summed E-state index contributed by atoms with van der Waals surface area (Å²) in [5.74, 6) is -0.647. The first-order valence-corrected chi connectivity index (χ1v) is 17.7. The van der Waals surface area contributed by atoms with Gasteiger partial charge in [-0.25, -0.2) is 13.4 Å². The Kier molecular flexibility index (Phi) is 9.35. The molecule has 0 unspecified atom stereocenters. The van der Waals surface area contributed by atoms with E-state index in [0.29, 0.717) is 52.2 Å². The first-order valence-electron chi connectivity index (χ1n) is 15.4. The number of hydrogen-bond acceptors (Lipinski definition) is 9. The molecule has 0 radical (unpaired) electrons. The zero-order valence-electron chi connectivity index (χ0n) is 26.7. The number of fused-ring (bicyclic) bond motifs is 1. The normalized spacial score (nSPS) is 24.3. The second-order valence-corrected chi connectivity index (χ2v) is 16.1. The van der Waals surface area contributed by atoms with Gasteiger partial charge >= 0.3 is 0 Å². The van der Waals surface area contributed by atoms with Crippen LogP contribution in [0.3, 0.4) is 0 Å². The quantitative estimate of drug-likeness (QED) is 0.311. The van der Waals surface area contributed by atoms with E-state index in [1.54, 1.807) is 19.2 Å². The minimum atomic E-state index is -3.83. The van der Waals surface area contributed by atoms with Crippen LogP contribution in [0.5, 0.6) is 17.4 Å². The van der Waals surface area contributed by atoms with Gasteiger partial charge in [-0.15, -0.1) is 6.58 Å². The van der Waals surface area contributed by atoms with Gasteiger partial charge in [-0.1, -0.05) is 26.8 Å². The van der Waals surface area contributed by atoms with Gasteiger partial charge in [0.1, 0.15) is 29.2 Å². The lowest BCUT2D eigenvalue weighted by atomic mass is 9.91. The summed E-state index contributed by atoms with van der Waals surface area (Å²) in [5, 5.41) is 2.89. The third-order valence-electron chi connectivity index (χ3n) is 8.44. The van der Waals surface area contributed by atoms with Crippen molar-refractivity contribution in [2.45, 2.75) is 82.7 Å². The standard InChI is InChI=1S/C32H41BrN4O8S/c1-7-18-15-32(18,30(40)36-46(41,42)20-9-10-20)35-29(39)22-13-19(17-37(22)26(38)16-31(3,4)5)45-24-14-25(44-8-2)34-28-21(24)11-12-23(43-6)27(28)33/h7,11-12,14,18-20,22H,1,8-10,13,15-17H2,2-6H3,(H,35,39)(H,36,40)/t18-,19-,22-,32-/m1/s1. The van der Waals surface area contributed by atoms with E-state index in [4.69, 9.17) is 14.2 Å². The van der Waals surface area contributed by atoms with Crippen molar-refractivity contribution < 1.29 is 37.0 Å². The number of rotatable bonds is 12. The smallest absolute Gasteiger partial charge is 0.259 e. The number of aromatic nitrogens is 1. The minimum Gasteiger partial charge on any atom is -0.495 e. The summed E-state index contributed by atoms with van der Waals surface area (Å²) in [5.41, 5.74) is -1.25. The number of likely N-dealkylation sites (tertiary alicyclic amines) is 1. The van der Waals surface area contributed by atoms with Gasteiger partial charge in [-0.2, -0.15) is 0 Å². The summed E-state index contributed by atoms with van der Waals surface area (Å²) >= 11 is 3.56. The molecular weight excluding hydrogens is 680 g/mol. The minimum absolute atomic E-state index is 0.123. The van der Waals surface area contributed by atoms with E-state index in [2.05, 4.69) is 37.5 Å². The van der Waals surface area contributed by atoms with Gasteiger partial charge < -0.3 is 24.4 Å². The lowest BCUT2D eigenvalue weighted by molar-refractivity contribution is -0.141. The molecule has 2 saturated carbocycles. The number of amides is 3. The summed E-state index contributed by atoms with van der Waals surface area (Å²) < 4.78 is 45.6.